The zero-order valence-electron chi connectivity index (χ0n) is 11.1. The van der Waals surface area contributed by atoms with Crippen molar-refractivity contribution in [3.05, 3.63) is 53.4 Å². The van der Waals surface area contributed by atoms with Gasteiger partial charge in [-0.3, -0.25) is 9.71 Å². The normalized spacial score (nSPS) is 11.4. The second kappa shape index (κ2) is 5.74. The molecule has 5 nitrogen and oxygen atoms in total. The number of aryl methyl sites for hydroxylation is 1. The van der Waals surface area contributed by atoms with Gasteiger partial charge in [-0.2, -0.15) is 0 Å². The highest BCUT2D eigenvalue weighted by molar-refractivity contribution is 7.92. The lowest BCUT2D eigenvalue weighted by atomic mass is 10.2. The van der Waals surface area contributed by atoms with Crippen LogP contribution in [0.25, 0.3) is 0 Å². The molecule has 3 N–H and O–H groups in total. The minimum atomic E-state index is -4.19. The smallest absolute Gasteiger partial charge is 0.264 e. The van der Waals surface area contributed by atoms with E-state index in [2.05, 4.69) is 9.71 Å². The standard InChI is InChI=1S/C13H13F2N3O2S/c1-8-6-9(4-5-17-8)18-21(19,20)12-3-2-11(14)10(7-16)13(12)15/h2-6H,7,16H2,1H3,(H,17,18). The largest absolute Gasteiger partial charge is 0.326 e. The SMILES string of the molecule is Cc1cc(NS(=O)(=O)c2ccc(F)c(CN)c2F)ccn1. The zero-order valence-corrected chi connectivity index (χ0v) is 11.9. The fourth-order valence-electron chi connectivity index (χ4n) is 1.79. The van der Waals surface area contributed by atoms with Crippen LogP contribution in [0, 0.1) is 18.6 Å². The van der Waals surface area contributed by atoms with E-state index in [0.717, 1.165) is 12.1 Å². The molecule has 0 saturated carbocycles. The number of nitrogens with one attached hydrogen (secondary N) is 1. The Morgan fingerprint density at radius 3 is 2.62 bits per heavy atom. The lowest BCUT2D eigenvalue weighted by molar-refractivity contribution is 0.530. The van der Waals surface area contributed by atoms with Gasteiger partial charge in [0.05, 0.1) is 5.69 Å². The number of rotatable bonds is 4. The molecule has 0 radical (unpaired) electrons. The van der Waals surface area contributed by atoms with Crippen LogP contribution in [-0.2, 0) is 16.6 Å². The summed E-state index contributed by atoms with van der Waals surface area (Å²) in [4.78, 5) is 3.27. The van der Waals surface area contributed by atoms with Crippen molar-refractivity contribution in [1.82, 2.24) is 4.98 Å². The average molecular weight is 313 g/mol. The maximum Gasteiger partial charge on any atom is 0.264 e. The van der Waals surface area contributed by atoms with E-state index in [0.29, 0.717) is 5.69 Å². The molecule has 8 heteroatoms. The predicted molar refractivity (Wildman–Crippen MR) is 74.0 cm³/mol. The Morgan fingerprint density at radius 2 is 2.00 bits per heavy atom. The van der Waals surface area contributed by atoms with Gasteiger partial charge in [0.15, 0.2) is 5.82 Å². The molecular weight excluding hydrogens is 300 g/mol. The number of hydrogen-bond donors (Lipinski definition) is 2. The number of nitrogens with zero attached hydrogens (tertiary/aromatic N) is 1. The summed E-state index contributed by atoms with van der Waals surface area (Å²) in [7, 11) is -4.19. The van der Waals surface area contributed by atoms with Crippen LogP contribution < -0.4 is 10.5 Å². The van der Waals surface area contributed by atoms with Crippen LogP contribution in [0.5, 0.6) is 0 Å². The van der Waals surface area contributed by atoms with Crippen molar-refractivity contribution < 1.29 is 17.2 Å². The van der Waals surface area contributed by atoms with Crippen molar-refractivity contribution >= 4 is 15.7 Å². The van der Waals surface area contributed by atoms with Gasteiger partial charge in [0.25, 0.3) is 10.0 Å². The number of pyridine rings is 1. The number of halogens is 2. The van der Waals surface area contributed by atoms with E-state index in [1.807, 2.05) is 0 Å². The Bertz CT molecular complexity index is 779. The molecule has 0 aliphatic heterocycles. The molecule has 0 unspecified atom stereocenters. The van der Waals surface area contributed by atoms with Gasteiger partial charge in [0, 0.05) is 24.0 Å². The number of nitrogens with two attached hydrogens (primary N) is 1. The Morgan fingerprint density at radius 1 is 1.29 bits per heavy atom. The molecule has 2 aromatic rings. The van der Waals surface area contributed by atoms with Gasteiger partial charge in [-0.05, 0) is 31.2 Å². The van der Waals surface area contributed by atoms with E-state index in [4.69, 9.17) is 5.73 Å². The summed E-state index contributed by atoms with van der Waals surface area (Å²) in [5.74, 6) is -2.07. The first-order valence-corrected chi connectivity index (χ1v) is 7.46. The van der Waals surface area contributed by atoms with E-state index in [9.17, 15) is 17.2 Å². The second-order valence-electron chi connectivity index (χ2n) is 4.33. The topological polar surface area (TPSA) is 85.1 Å². The molecule has 2 rings (SSSR count). The van der Waals surface area contributed by atoms with Crippen LogP contribution in [-0.4, -0.2) is 13.4 Å². The van der Waals surface area contributed by atoms with Gasteiger partial charge in [0.2, 0.25) is 0 Å². The van der Waals surface area contributed by atoms with Crippen LogP contribution in [0.4, 0.5) is 14.5 Å². The number of sulfonamides is 1. The molecule has 112 valence electrons. The van der Waals surface area contributed by atoms with Gasteiger partial charge in [-0.1, -0.05) is 0 Å². The minimum absolute atomic E-state index is 0.237. The number of anilines is 1. The number of benzene rings is 1. The van der Waals surface area contributed by atoms with E-state index in [1.54, 1.807) is 6.92 Å². The molecule has 0 saturated heterocycles. The highest BCUT2D eigenvalue weighted by Gasteiger charge is 2.23. The Hall–Kier alpha value is -2.06. The summed E-state index contributed by atoms with van der Waals surface area (Å²) >= 11 is 0. The third-order valence-electron chi connectivity index (χ3n) is 2.79. The molecule has 0 aliphatic rings. The Balaban J connectivity index is 2.45. The van der Waals surface area contributed by atoms with Crippen molar-refractivity contribution in [1.29, 1.82) is 0 Å². The maximum atomic E-state index is 14.1. The van der Waals surface area contributed by atoms with Crippen molar-refractivity contribution in [2.24, 2.45) is 5.73 Å². The summed E-state index contributed by atoms with van der Waals surface area (Å²) < 4.78 is 54.0. The van der Waals surface area contributed by atoms with E-state index in [1.165, 1.54) is 18.3 Å². The summed E-state index contributed by atoms with van der Waals surface area (Å²) in [6.45, 7) is 1.25. The van der Waals surface area contributed by atoms with Gasteiger partial charge in [-0.15, -0.1) is 0 Å². The van der Waals surface area contributed by atoms with E-state index < -0.39 is 38.7 Å². The van der Waals surface area contributed by atoms with E-state index in [-0.39, 0.29) is 5.69 Å². The van der Waals surface area contributed by atoms with Gasteiger partial charge in [-0.25, -0.2) is 17.2 Å². The zero-order chi connectivity index (χ0) is 15.6. The fraction of sp³-hybridized carbons (Fsp3) is 0.154. The molecule has 0 amide bonds. The molecule has 0 aliphatic carbocycles. The predicted octanol–water partition coefficient (Wildman–Crippen LogP) is 1.93. The van der Waals surface area contributed by atoms with Crippen molar-refractivity contribution in [2.75, 3.05) is 4.72 Å². The average Bonchev–Trinajstić information content (AvgIpc) is 2.38. The third kappa shape index (κ3) is 3.17. The summed E-state index contributed by atoms with van der Waals surface area (Å²) in [6.07, 6.45) is 1.42. The van der Waals surface area contributed by atoms with Crippen LogP contribution in [0.1, 0.15) is 11.3 Å². The first-order chi connectivity index (χ1) is 9.85. The third-order valence-corrected chi connectivity index (χ3v) is 4.19. The van der Waals surface area contributed by atoms with Gasteiger partial charge in [0.1, 0.15) is 10.7 Å². The maximum absolute atomic E-state index is 14.1. The minimum Gasteiger partial charge on any atom is -0.326 e. The summed E-state index contributed by atoms with van der Waals surface area (Å²) in [5, 5.41) is 0. The van der Waals surface area contributed by atoms with Gasteiger partial charge >= 0.3 is 0 Å². The lowest BCUT2D eigenvalue weighted by Gasteiger charge is -2.11. The number of hydrogen-bond acceptors (Lipinski definition) is 4. The van der Waals surface area contributed by atoms with Crippen LogP contribution in [0.2, 0.25) is 0 Å². The molecule has 21 heavy (non-hydrogen) atoms. The lowest BCUT2D eigenvalue weighted by Crippen LogP contribution is -2.17. The number of aromatic nitrogens is 1. The molecular formula is C13H13F2N3O2S. The van der Waals surface area contributed by atoms with Crippen molar-refractivity contribution in [3.63, 3.8) is 0 Å². The molecule has 0 spiro atoms. The first-order valence-electron chi connectivity index (χ1n) is 5.97. The van der Waals surface area contributed by atoms with Gasteiger partial charge < -0.3 is 5.73 Å². The molecule has 1 heterocycles. The highest BCUT2D eigenvalue weighted by atomic mass is 32.2. The molecule has 0 bridgehead atoms. The molecule has 0 fully saturated rings. The molecule has 0 atom stereocenters. The Kier molecular flexibility index (Phi) is 4.19. The monoisotopic (exact) mass is 313 g/mol. The van der Waals surface area contributed by atoms with Crippen molar-refractivity contribution in [2.45, 2.75) is 18.4 Å². The van der Waals surface area contributed by atoms with Crippen LogP contribution in [0.3, 0.4) is 0 Å². The van der Waals surface area contributed by atoms with E-state index >= 15 is 0 Å². The summed E-state index contributed by atoms with van der Waals surface area (Å²) in [6, 6.07) is 4.65. The molecule has 1 aromatic heterocycles. The van der Waals surface area contributed by atoms with Crippen molar-refractivity contribution in [3.8, 4) is 0 Å². The Labute approximate surface area is 120 Å². The molecule has 1 aromatic carbocycles. The summed E-state index contributed by atoms with van der Waals surface area (Å²) in [5.41, 5.74) is 5.60. The van der Waals surface area contributed by atoms with Crippen LogP contribution in [0.15, 0.2) is 35.4 Å². The van der Waals surface area contributed by atoms with Crippen LogP contribution >= 0.6 is 0 Å². The highest BCUT2D eigenvalue weighted by Crippen LogP contribution is 2.23. The fourth-order valence-corrected chi connectivity index (χ4v) is 2.94. The quantitative estimate of drug-likeness (QED) is 0.903. The second-order valence-corrected chi connectivity index (χ2v) is 5.98. The first kappa shape index (κ1) is 15.3.